The van der Waals surface area contributed by atoms with Crippen LogP contribution >= 0.6 is 0 Å². The van der Waals surface area contributed by atoms with E-state index in [-0.39, 0.29) is 11.3 Å². The van der Waals surface area contributed by atoms with Crippen LogP contribution in [0.15, 0.2) is 18.2 Å². The van der Waals surface area contributed by atoms with E-state index in [0.29, 0.717) is 12.1 Å². The molecule has 6 nitrogen and oxygen atoms in total. The van der Waals surface area contributed by atoms with Gasteiger partial charge in [-0.25, -0.2) is 4.68 Å². The van der Waals surface area contributed by atoms with E-state index >= 15 is 0 Å². The molecular weight excluding hydrogens is 254 g/mol. The largest absolute Gasteiger partial charge is 0.338 e. The third kappa shape index (κ3) is 2.06. The molecule has 1 amide bonds. The zero-order valence-electron chi connectivity index (χ0n) is 11.8. The highest BCUT2D eigenvalue weighted by atomic mass is 16.2. The summed E-state index contributed by atoms with van der Waals surface area (Å²) < 4.78 is 1.70. The molecule has 1 fully saturated rings. The Balaban J connectivity index is 1.86. The number of likely N-dealkylation sites (tertiary alicyclic amines) is 1. The number of benzene rings is 1. The van der Waals surface area contributed by atoms with E-state index < -0.39 is 0 Å². The minimum Gasteiger partial charge on any atom is -0.338 e. The van der Waals surface area contributed by atoms with Gasteiger partial charge in [0, 0.05) is 25.7 Å². The number of aryl methyl sites for hydroxylation is 1. The van der Waals surface area contributed by atoms with Crippen molar-refractivity contribution in [3.05, 3.63) is 23.8 Å². The second-order valence-corrected chi connectivity index (χ2v) is 5.91. The van der Waals surface area contributed by atoms with Crippen LogP contribution in [0.4, 0.5) is 0 Å². The molecule has 0 radical (unpaired) electrons. The fraction of sp³-hybridized carbons (Fsp3) is 0.500. The van der Waals surface area contributed by atoms with Crippen molar-refractivity contribution in [3.8, 4) is 0 Å². The van der Waals surface area contributed by atoms with Crippen LogP contribution in [0.2, 0.25) is 0 Å². The predicted octanol–water partition coefficient (Wildman–Crippen LogP) is 0.779. The van der Waals surface area contributed by atoms with Gasteiger partial charge in [0.25, 0.3) is 5.91 Å². The molecule has 1 aliphatic heterocycles. The summed E-state index contributed by atoms with van der Waals surface area (Å²) in [4.78, 5) is 14.4. The van der Waals surface area contributed by atoms with Gasteiger partial charge in [0.05, 0.1) is 5.52 Å². The zero-order valence-corrected chi connectivity index (χ0v) is 11.8. The first kappa shape index (κ1) is 13.1. The molecule has 6 heteroatoms. The summed E-state index contributed by atoms with van der Waals surface area (Å²) in [5.74, 6) is 0.0507. The molecule has 20 heavy (non-hydrogen) atoms. The van der Waals surface area contributed by atoms with Crippen LogP contribution in [-0.2, 0) is 7.05 Å². The van der Waals surface area contributed by atoms with Crippen molar-refractivity contribution in [3.63, 3.8) is 0 Å². The Kier molecular flexibility index (Phi) is 2.97. The number of hydrogen-bond donors (Lipinski definition) is 1. The normalized spacial score (nSPS) is 22.6. The zero-order chi connectivity index (χ0) is 14.3. The van der Waals surface area contributed by atoms with E-state index in [0.717, 1.165) is 30.5 Å². The molecule has 1 atom stereocenters. The minimum atomic E-state index is 0.0479. The maximum atomic E-state index is 12.5. The van der Waals surface area contributed by atoms with Crippen molar-refractivity contribution in [1.29, 1.82) is 0 Å². The van der Waals surface area contributed by atoms with Crippen LogP contribution in [0, 0.1) is 5.41 Å². The Morgan fingerprint density at radius 1 is 1.50 bits per heavy atom. The van der Waals surface area contributed by atoms with Gasteiger partial charge in [0.1, 0.15) is 5.52 Å². The summed E-state index contributed by atoms with van der Waals surface area (Å²) in [6, 6.07) is 5.54. The molecule has 106 valence electrons. The fourth-order valence-electron chi connectivity index (χ4n) is 2.72. The summed E-state index contributed by atoms with van der Waals surface area (Å²) in [5, 5.41) is 8.01. The third-order valence-electron chi connectivity index (χ3n) is 4.20. The Hall–Kier alpha value is -1.95. The number of carbonyl (C=O) groups excluding carboxylic acids is 1. The monoisotopic (exact) mass is 273 g/mol. The van der Waals surface area contributed by atoms with Crippen LogP contribution in [0.5, 0.6) is 0 Å². The van der Waals surface area contributed by atoms with Crippen molar-refractivity contribution in [2.24, 2.45) is 18.2 Å². The molecule has 1 aromatic heterocycles. The van der Waals surface area contributed by atoms with Crippen molar-refractivity contribution < 1.29 is 4.79 Å². The first-order valence-corrected chi connectivity index (χ1v) is 6.81. The Morgan fingerprint density at radius 3 is 3.00 bits per heavy atom. The number of fused-ring (bicyclic) bond motifs is 1. The summed E-state index contributed by atoms with van der Waals surface area (Å²) in [6.45, 7) is 4.23. The number of amides is 1. The standard InChI is InChI=1S/C14H19N5O/c1-14(8-15)5-6-19(9-14)13(20)10-3-4-12-11(7-10)16-17-18(12)2/h3-4,7H,5-6,8-9,15H2,1-2H3. The van der Waals surface area contributed by atoms with Crippen LogP contribution in [0.1, 0.15) is 23.7 Å². The van der Waals surface area contributed by atoms with E-state index in [9.17, 15) is 4.79 Å². The fourth-order valence-corrected chi connectivity index (χ4v) is 2.72. The molecule has 2 aromatic rings. The van der Waals surface area contributed by atoms with Gasteiger partial charge in [-0.05, 0) is 36.6 Å². The lowest BCUT2D eigenvalue weighted by Crippen LogP contribution is -2.34. The first-order chi connectivity index (χ1) is 9.52. The van der Waals surface area contributed by atoms with Crippen LogP contribution in [0.3, 0.4) is 0 Å². The van der Waals surface area contributed by atoms with Gasteiger partial charge >= 0.3 is 0 Å². The Bertz CT molecular complexity index is 665. The highest BCUT2D eigenvalue weighted by Gasteiger charge is 2.35. The Morgan fingerprint density at radius 2 is 2.30 bits per heavy atom. The van der Waals surface area contributed by atoms with Crippen LogP contribution < -0.4 is 5.73 Å². The minimum absolute atomic E-state index is 0.0479. The molecule has 1 saturated heterocycles. The number of carbonyl (C=O) groups is 1. The predicted molar refractivity (Wildman–Crippen MR) is 76.2 cm³/mol. The van der Waals surface area contributed by atoms with E-state index in [1.807, 2.05) is 30.1 Å². The molecule has 0 spiro atoms. The quantitative estimate of drug-likeness (QED) is 0.877. The molecular formula is C14H19N5O. The van der Waals surface area contributed by atoms with E-state index in [1.165, 1.54) is 0 Å². The third-order valence-corrected chi connectivity index (χ3v) is 4.20. The summed E-state index contributed by atoms with van der Waals surface area (Å²) in [5.41, 5.74) is 8.18. The molecule has 0 bridgehead atoms. The highest BCUT2D eigenvalue weighted by Crippen LogP contribution is 2.29. The molecule has 1 aliphatic rings. The average molecular weight is 273 g/mol. The second-order valence-electron chi connectivity index (χ2n) is 5.91. The lowest BCUT2D eigenvalue weighted by molar-refractivity contribution is 0.0777. The molecule has 0 saturated carbocycles. The highest BCUT2D eigenvalue weighted by molar-refractivity contribution is 5.97. The molecule has 2 heterocycles. The summed E-state index contributed by atoms with van der Waals surface area (Å²) in [7, 11) is 1.84. The number of hydrogen-bond acceptors (Lipinski definition) is 4. The SMILES string of the molecule is Cn1nnc2cc(C(=O)N3CCC(C)(CN)C3)ccc21. The number of aromatic nitrogens is 3. The first-order valence-electron chi connectivity index (χ1n) is 6.81. The van der Waals surface area contributed by atoms with Crippen molar-refractivity contribution in [1.82, 2.24) is 19.9 Å². The van der Waals surface area contributed by atoms with Gasteiger partial charge in [0.15, 0.2) is 0 Å². The van der Waals surface area contributed by atoms with E-state index in [1.54, 1.807) is 4.68 Å². The van der Waals surface area contributed by atoms with Gasteiger partial charge in [0.2, 0.25) is 0 Å². The molecule has 2 N–H and O–H groups in total. The van der Waals surface area contributed by atoms with E-state index in [4.69, 9.17) is 5.73 Å². The van der Waals surface area contributed by atoms with Crippen molar-refractivity contribution in [2.45, 2.75) is 13.3 Å². The second kappa shape index (κ2) is 4.56. The maximum absolute atomic E-state index is 12.5. The molecule has 0 aliphatic carbocycles. The summed E-state index contributed by atoms with van der Waals surface area (Å²) in [6.07, 6.45) is 0.961. The van der Waals surface area contributed by atoms with Gasteiger partial charge in [-0.3, -0.25) is 4.79 Å². The van der Waals surface area contributed by atoms with Gasteiger partial charge in [-0.15, -0.1) is 5.10 Å². The summed E-state index contributed by atoms with van der Waals surface area (Å²) >= 11 is 0. The molecule has 1 aromatic carbocycles. The molecule has 3 rings (SSSR count). The van der Waals surface area contributed by atoms with Crippen molar-refractivity contribution in [2.75, 3.05) is 19.6 Å². The number of nitrogens with zero attached hydrogens (tertiary/aromatic N) is 4. The van der Waals surface area contributed by atoms with Gasteiger partial charge in [-0.2, -0.15) is 0 Å². The molecule has 1 unspecified atom stereocenters. The van der Waals surface area contributed by atoms with Crippen LogP contribution in [-0.4, -0.2) is 45.4 Å². The topological polar surface area (TPSA) is 77.0 Å². The maximum Gasteiger partial charge on any atom is 0.253 e. The van der Waals surface area contributed by atoms with Crippen LogP contribution in [0.25, 0.3) is 11.0 Å². The van der Waals surface area contributed by atoms with Gasteiger partial charge in [-0.1, -0.05) is 12.1 Å². The average Bonchev–Trinajstić information content (AvgIpc) is 3.03. The lowest BCUT2D eigenvalue weighted by Gasteiger charge is -2.22. The Labute approximate surface area is 117 Å². The number of rotatable bonds is 2. The smallest absolute Gasteiger partial charge is 0.253 e. The van der Waals surface area contributed by atoms with Gasteiger partial charge < -0.3 is 10.6 Å². The lowest BCUT2D eigenvalue weighted by atomic mass is 9.90. The number of nitrogens with two attached hydrogens (primary N) is 1. The van der Waals surface area contributed by atoms with Crippen molar-refractivity contribution >= 4 is 16.9 Å². The van der Waals surface area contributed by atoms with E-state index in [2.05, 4.69) is 17.2 Å².